The molecule has 0 bridgehead atoms. The zero-order valence-electron chi connectivity index (χ0n) is 27.7. The number of carbonyl (C=O) groups excluding carboxylic acids is 1. The van der Waals surface area contributed by atoms with E-state index in [-0.39, 0.29) is 5.91 Å². The number of rotatable bonds is 5. The van der Waals surface area contributed by atoms with Crippen molar-refractivity contribution in [3.05, 3.63) is 180 Å². The Morgan fingerprint density at radius 2 is 1.13 bits per heavy atom. The van der Waals surface area contributed by atoms with E-state index < -0.39 is 6.23 Å². The third-order valence-corrected chi connectivity index (χ3v) is 9.92. The molecule has 0 aliphatic carbocycles. The number of para-hydroxylation sites is 2. The Bertz CT molecular complexity index is 2720. The van der Waals surface area contributed by atoms with Gasteiger partial charge >= 0.3 is 0 Å². The molecular weight excluding hydrogens is 641 g/mol. The minimum Gasteiger partial charge on any atom is -0.369 e. The minimum atomic E-state index is -1.24. The molecule has 244 valence electrons. The van der Waals surface area contributed by atoms with Gasteiger partial charge in [0.1, 0.15) is 0 Å². The van der Waals surface area contributed by atoms with Gasteiger partial charge in [-0.2, -0.15) is 10.5 Å². The lowest BCUT2D eigenvalue weighted by atomic mass is 9.95. The van der Waals surface area contributed by atoms with Crippen molar-refractivity contribution >= 4 is 33.4 Å². The molecule has 52 heavy (non-hydrogen) atoms. The van der Waals surface area contributed by atoms with E-state index in [1.54, 1.807) is 18.2 Å². The highest BCUT2D eigenvalue weighted by Gasteiger charge is 2.41. The lowest BCUT2D eigenvalue weighted by molar-refractivity contribution is 0.0935. The van der Waals surface area contributed by atoms with Crippen LogP contribution in [0.2, 0.25) is 0 Å². The molecule has 0 saturated heterocycles. The van der Waals surface area contributed by atoms with Crippen LogP contribution >= 0.6 is 0 Å². The molecule has 1 unspecified atom stereocenters. The van der Waals surface area contributed by atoms with Crippen molar-refractivity contribution < 1.29 is 9.90 Å². The fourth-order valence-electron chi connectivity index (χ4n) is 7.62. The van der Waals surface area contributed by atoms with Crippen LogP contribution in [0.15, 0.2) is 158 Å². The Hall–Kier alpha value is -7.25. The van der Waals surface area contributed by atoms with Crippen molar-refractivity contribution in [2.45, 2.75) is 6.23 Å². The second-order valence-electron chi connectivity index (χ2n) is 12.8. The number of benzene rings is 7. The molecule has 6 heteroatoms. The number of aliphatic hydroxyl groups is 1. The predicted molar refractivity (Wildman–Crippen MR) is 205 cm³/mol. The molecule has 1 aliphatic rings. The molecule has 7 aromatic carbocycles. The van der Waals surface area contributed by atoms with Crippen molar-refractivity contribution in [1.82, 2.24) is 4.57 Å². The second-order valence-corrected chi connectivity index (χ2v) is 12.8. The van der Waals surface area contributed by atoms with Gasteiger partial charge in [-0.1, -0.05) is 121 Å². The molecular formula is C46H28N4O2. The van der Waals surface area contributed by atoms with E-state index in [9.17, 15) is 15.6 Å². The minimum absolute atomic E-state index is 0.305. The van der Waals surface area contributed by atoms with E-state index in [0.717, 1.165) is 55.2 Å². The molecule has 1 aromatic heterocycles. The van der Waals surface area contributed by atoms with Gasteiger partial charge < -0.3 is 9.67 Å². The van der Waals surface area contributed by atoms with Crippen molar-refractivity contribution in [1.29, 1.82) is 10.5 Å². The SMILES string of the molecule is N#Cc1cc(C#N)cc(-c2ccc3c4ccccc4n(-c4cccc5c4C(=O)N(c4c(-c6ccccc6)cccc4-c4ccccc4)C5O)c3c2)c1. The molecule has 2 heterocycles. The summed E-state index contributed by atoms with van der Waals surface area (Å²) in [6, 6.07) is 55.1. The van der Waals surface area contributed by atoms with Gasteiger partial charge in [-0.25, -0.2) is 0 Å². The number of amides is 1. The number of aliphatic hydroxyl groups excluding tert-OH is 1. The number of nitrogens with zero attached hydrogens (tertiary/aromatic N) is 4. The van der Waals surface area contributed by atoms with E-state index in [1.165, 1.54) is 4.90 Å². The number of carbonyl (C=O) groups is 1. The molecule has 1 aliphatic heterocycles. The molecule has 6 nitrogen and oxygen atoms in total. The van der Waals surface area contributed by atoms with Gasteiger partial charge in [0.15, 0.2) is 6.23 Å². The quantitative estimate of drug-likeness (QED) is 0.198. The summed E-state index contributed by atoms with van der Waals surface area (Å²) in [5.41, 5.74) is 9.89. The van der Waals surface area contributed by atoms with Crippen molar-refractivity contribution in [3.63, 3.8) is 0 Å². The maximum absolute atomic E-state index is 15.1. The van der Waals surface area contributed by atoms with Crippen LogP contribution in [0.1, 0.15) is 33.3 Å². The highest BCUT2D eigenvalue weighted by Crippen LogP contribution is 2.48. The number of nitriles is 2. The first-order valence-electron chi connectivity index (χ1n) is 16.9. The van der Waals surface area contributed by atoms with Crippen LogP contribution in [-0.4, -0.2) is 15.6 Å². The molecule has 0 radical (unpaired) electrons. The summed E-state index contributed by atoms with van der Waals surface area (Å²) in [5, 5.41) is 33.5. The Morgan fingerprint density at radius 1 is 0.538 bits per heavy atom. The van der Waals surface area contributed by atoms with Crippen molar-refractivity contribution in [2.24, 2.45) is 0 Å². The van der Waals surface area contributed by atoms with Gasteiger partial charge in [0, 0.05) is 27.5 Å². The van der Waals surface area contributed by atoms with Crippen LogP contribution in [0.5, 0.6) is 0 Å². The third kappa shape index (κ3) is 4.79. The van der Waals surface area contributed by atoms with Gasteiger partial charge in [0.25, 0.3) is 5.91 Å². The molecule has 1 amide bonds. The van der Waals surface area contributed by atoms with E-state index in [4.69, 9.17) is 0 Å². The second kappa shape index (κ2) is 12.3. The maximum atomic E-state index is 15.1. The number of aromatic nitrogens is 1. The largest absolute Gasteiger partial charge is 0.369 e. The van der Waals surface area contributed by atoms with Crippen molar-refractivity contribution in [2.75, 3.05) is 4.90 Å². The highest BCUT2D eigenvalue weighted by atomic mass is 16.3. The van der Waals surface area contributed by atoms with E-state index in [0.29, 0.717) is 33.6 Å². The summed E-state index contributed by atoms with van der Waals surface area (Å²) in [6.07, 6.45) is -1.24. The lowest BCUT2D eigenvalue weighted by Gasteiger charge is -2.27. The van der Waals surface area contributed by atoms with Crippen LogP contribution in [-0.2, 0) is 0 Å². The summed E-state index contributed by atoms with van der Waals surface area (Å²) in [6.45, 7) is 0. The summed E-state index contributed by atoms with van der Waals surface area (Å²) >= 11 is 0. The lowest BCUT2D eigenvalue weighted by Crippen LogP contribution is -2.29. The molecule has 1 N–H and O–H groups in total. The highest BCUT2D eigenvalue weighted by molar-refractivity contribution is 6.18. The van der Waals surface area contributed by atoms with E-state index in [2.05, 4.69) is 22.8 Å². The van der Waals surface area contributed by atoms with E-state index >= 15 is 4.79 Å². The first kappa shape index (κ1) is 30.8. The van der Waals surface area contributed by atoms with Gasteiger partial charge in [-0.15, -0.1) is 0 Å². The third-order valence-electron chi connectivity index (χ3n) is 9.92. The van der Waals surface area contributed by atoms with Crippen LogP contribution in [0.25, 0.3) is 60.9 Å². The fourth-order valence-corrected chi connectivity index (χ4v) is 7.62. The molecule has 1 atom stereocenters. The Balaban J connectivity index is 1.28. The van der Waals surface area contributed by atoms with E-state index in [1.807, 2.05) is 133 Å². The molecule has 0 saturated carbocycles. The molecule has 9 rings (SSSR count). The fraction of sp³-hybridized carbons (Fsp3) is 0.0217. The predicted octanol–water partition coefficient (Wildman–Crippen LogP) is 10.2. The first-order valence-corrected chi connectivity index (χ1v) is 16.9. The average Bonchev–Trinajstić information content (AvgIpc) is 3.67. The number of fused-ring (bicyclic) bond motifs is 4. The van der Waals surface area contributed by atoms with Gasteiger partial charge in [-0.3, -0.25) is 9.69 Å². The summed E-state index contributed by atoms with van der Waals surface area (Å²) < 4.78 is 2.08. The molecule has 0 spiro atoms. The maximum Gasteiger partial charge on any atom is 0.263 e. The van der Waals surface area contributed by atoms with Crippen LogP contribution < -0.4 is 4.90 Å². The van der Waals surface area contributed by atoms with Crippen molar-refractivity contribution in [3.8, 4) is 51.2 Å². The Morgan fingerprint density at radius 3 is 1.79 bits per heavy atom. The smallest absolute Gasteiger partial charge is 0.263 e. The Kier molecular flexibility index (Phi) is 7.26. The number of hydrogen-bond donors (Lipinski definition) is 1. The first-order chi connectivity index (χ1) is 25.6. The zero-order valence-corrected chi connectivity index (χ0v) is 27.7. The average molecular weight is 669 g/mol. The van der Waals surface area contributed by atoms with Gasteiger partial charge in [-0.05, 0) is 58.7 Å². The number of anilines is 1. The summed E-state index contributed by atoms with van der Waals surface area (Å²) in [7, 11) is 0. The van der Waals surface area contributed by atoms with Gasteiger partial charge in [0.05, 0.1) is 51.2 Å². The molecule has 0 fully saturated rings. The standard InChI is InChI=1S/C46H28N4O2/c47-27-29-23-30(28-48)25-34(24-29)33-21-22-38-37-15-7-8-19-40(37)49(42(38)26-33)41-20-10-18-39-43(41)46(52)50(45(39)51)44-35(31-11-3-1-4-12-31)16-9-17-36(44)32-13-5-2-6-14-32/h1-26,45,51H. The Labute approximate surface area is 299 Å². The van der Waals surface area contributed by atoms with Crippen LogP contribution in [0.4, 0.5) is 5.69 Å². The van der Waals surface area contributed by atoms with Crippen LogP contribution in [0, 0.1) is 22.7 Å². The van der Waals surface area contributed by atoms with Crippen LogP contribution in [0.3, 0.4) is 0 Å². The molecule has 8 aromatic rings. The number of hydrogen-bond acceptors (Lipinski definition) is 4. The summed E-state index contributed by atoms with van der Waals surface area (Å²) in [5.74, 6) is -0.305. The normalized spacial score (nSPS) is 13.6. The zero-order chi connectivity index (χ0) is 35.3. The monoisotopic (exact) mass is 668 g/mol. The summed E-state index contributed by atoms with van der Waals surface area (Å²) in [4.78, 5) is 16.6. The van der Waals surface area contributed by atoms with Gasteiger partial charge in [0.2, 0.25) is 0 Å². The topological polar surface area (TPSA) is 93.0 Å².